The number of rotatable bonds is 3. The number of hydrogen-bond donors (Lipinski definition) is 1. The molecule has 2 atom stereocenters. The first-order valence-electron chi connectivity index (χ1n) is 6.63. The molecule has 22 heavy (non-hydrogen) atoms. The van der Waals surface area contributed by atoms with Gasteiger partial charge in [0.15, 0.2) is 0 Å². The van der Waals surface area contributed by atoms with E-state index in [0.717, 1.165) is 6.07 Å². The van der Waals surface area contributed by atoms with Gasteiger partial charge in [-0.3, -0.25) is 4.79 Å². The van der Waals surface area contributed by atoms with Crippen molar-refractivity contribution in [1.82, 2.24) is 10.2 Å². The summed E-state index contributed by atoms with van der Waals surface area (Å²) in [6, 6.07) is 5.41. The number of halogens is 3. The number of nitrogens with zero attached hydrogens (tertiary/aromatic N) is 2. The summed E-state index contributed by atoms with van der Waals surface area (Å²) in [6.45, 7) is 1.76. The number of aryl methyl sites for hydroxylation is 1. The second kappa shape index (κ2) is 5.35. The topological polar surface area (TPSA) is 54.9 Å². The van der Waals surface area contributed by atoms with E-state index < -0.39 is 23.6 Å². The number of nitrogens with one attached hydrogen (secondary N) is 1. The lowest BCUT2D eigenvalue weighted by Gasteiger charge is -2.12. The van der Waals surface area contributed by atoms with E-state index in [0.29, 0.717) is 16.6 Å². The van der Waals surface area contributed by atoms with Crippen molar-refractivity contribution in [1.29, 1.82) is 0 Å². The molecule has 1 N–H and O–H groups in total. The molecule has 0 spiro atoms. The third-order valence-electron chi connectivity index (χ3n) is 3.55. The average Bonchev–Trinajstić information content (AvgIpc) is 3.15. The first-order chi connectivity index (χ1) is 10.4. The maximum Gasteiger partial charge on any atom is 0.416 e. The van der Waals surface area contributed by atoms with Crippen molar-refractivity contribution in [2.45, 2.75) is 25.4 Å². The zero-order valence-corrected chi connectivity index (χ0v) is 12.3. The van der Waals surface area contributed by atoms with Crippen LogP contribution in [0.2, 0.25) is 0 Å². The molecule has 8 heteroatoms. The van der Waals surface area contributed by atoms with Gasteiger partial charge < -0.3 is 5.32 Å². The van der Waals surface area contributed by atoms with Crippen LogP contribution >= 0.6 is 11.3 Å². The molecule has 0 saturated heterocycles. The van der Waals surface area contributed by atoms with Crippen LogP contribution in [0.5, 0.6) is 0 Å². The number of carbonyl (C=O) groups is 1. The van der Waals surface area contributed by atoms with Crippen LogP contribution in [-0.4, -0.2) is 16.1 Å². The molecule has 1 amide bonds. The van der Waals surface area contributed by atoms with Gasteiger partial charge in [-0.15, -0.1) is 10.2 Å². The molecule has 2 unspecified atom stereocenters. The van der Waals surface area contributed by atoms with Crippen molar-refractivity contribution in [3.63, 3.8) is 0 Å². The smallest absolute Gasteiger partial charge is 0.300 e. The van der Waals surface area contributed by atoms with Crippen molar-refractivity contribution in [3.8, 4) is 0 Å². The van der Waals surface area contributed by atoms with E-state index in [1.807, 2.05) is 0 Å². The van der Waals surface area contributed by atoms with Crippen LogP contribution in [0, 0.1) is 12.8 Å². The SMILES string of the molecule is Cc1nnc(NC(=O)C2CC2c2ccccc2C(F)(F)F)s1. The highest BCUT2D eigenvalue weighted by atomic mass is 32.1. The lowest BCUT2D eigenvalue weighted by Crippen LogP contribution is -2.15. The lowest BCUT2D eigenvalue weighted by atomic mass is 10.0. The van der Waals surface area contributed by atoms with E-state index in [1.54, 1.807) is 13.0 Å². The predicted molar refractivity (Wildman–Crippen MR) is 75.6 cm³/mol. The van der Waals surface area contributed by atoms with Gasteiger partial charge in [0.2, 0.25) is 11.0 Å². The van der Waals surface area contributed by atoms with Gasteiger partial charge in [0.05, 0.1) is 5.56 Å². The van der Waals surface area contributed by atoms with Crippen molar-refractivity contribution >= 4 is 22.4 Å². The molecule has 1 aromatic heterocycles. The minimum atomic E-state index is -4.41. The second-order valence-electron chi connectivity index (χ2n) is 5.15. The first kappa shape index (κ1) is 15.0. The predicted octanol–water partition coefficient (Wildman–Crippen LogP) is 3.61. The summed E-state index contributed by atoms with van der Waals surface area (Å²) in [6.07, 6.45) is -3.99. The van der Waals surface area contributed by atoms with Crippen LogP contribution in [0.25, 0.3) is 0 Å². The Morgan fingerprint density at radius 2 is 2.05 bits per heavy atom. The van der Waals surface area contributed by atoms with Crippen molar-refractivity contribution in [2.24, 2.45) is 5.92 Å². The van der Waals surface area contributed by atoms with E-state index in [9.17, 15) is 18.0 Å². The highest BCUT2D eigenvalue weighted by molar-refractivity contribution is 7.15. The summed E-state index contributed by atoms with van der Waals surface area (Å²) in [5.41, 5.74) is -0.481. The molecular weight excluding hydrogens is 315 g/mol. The maximum absolute atomic E-state index is 13.0. The number of carbonyl (C=O) groups excluding carboxylic acids is 1. The van der Waals surface area contributed by atoms with Crippen LogP contribution in [0.1, 0.15) is 28.5 Å². The molecule has 0 aliphatic heterocycles. The fourth-order valence-corrected chi connectivity index (χ4v) is 3.05. The molecular formula is C14H12F3N3OS. The highest BCUT2D eigenvalue weighted by Gasteiger charge is 2.47. The third-order valence-corrected chi connectivity index (χ3v) is 4.30. The second-order valence-corrected chi connectivity index (χ2v) is 6.33. The summed E-state index contributed by atoms with van der Waals surface area (Å²) in [7, 11) is 0. The standard InChI is InChI=1S/C14H12F3N3OS/c1-7-19-20-13(22-7)18-12(21)10-6-9(10)8-4-2-3-5-11(8)14(15,16)17/h2-5,9-10H,6H2,1H3,(H,18,20,21). The minimum Gasteiger partial charge on any atom is -0.300 e. The van der Waals surface area contributed by atoms with Crippen LogP contribution < -0.4 is 5.32 Å². The Labute approximate surface area is 128 Å². The molecule has 1 aliphatic carbocycles. The van der Waals surface area contributed by atoms with E-state index in [-0.39, 0.29) is 11.5 Å². The summed E-state index contributed by atoms with van der Waals surface area (Å²) >= 11 is 1.23. The summed E-state index contributed by atoms with van der Waals surface area (Å²) in [5.74, 6) is -1.15. The van der Waals surface area contributed by atoms with Gasteiger partial charge in [-0.25, -0.2) is 0 Å². The highest BCUT2D eigenvalue weighted by Crippen LogP contribution is 2.51. The van der Waals surface area contributed by atoms with Crippen molar-refractivity contribution < 1.29 is 18.0 Å². The monoisotopic (exact) mass is 327 g/mol. The minimum absolute atomic E-state index is 0.184. The Morgan fingerprint density at radius 1 is 1.32 bits per heavy atom. The number of alkyl halides is 3. The molecule has 1 fully saturated rings. The lowest BCUT2D eigenvalue weighted by molar-refractivity contribution is -0.138. The zero-order chi connectivity index (χ0) is 15.9. The van der Waals surface area contributed by atoms with E-state index in [2.05, 4.69) is 15.5 Å². The first-order valence-corrected chi connectivity index (χ1v) is 7.45. The Balaban J connectivity index is 1.73. The number of aromatic nitrogens is 2. The Hall–Kier alpha value is -1.96. The van der Waals surface area contributed by atoms with Crippen molar-refractivity contribution in [3.05, 3.63) is 40.4 Å². The largest absolute Gasteiger partial charge is 0.416 e. The normalized spacial score (nSPS) is 20.7. The van der Waals surface area contributed by atoms with Crippen LogP contribution in [0.15, 0.2) is 24.3 Å². The fourth-order valence-electron chi connectivity index (χ4n) is 2.45. The molecule has 2 aromatic rings. The molecule has 116 valence electrons. The molecule has 1 heterocycles. The van der Waals surface area contributed by atoms with Crippen LogP contribution in [0.3, 0.4) is 0 Å². The van der Waals surface area contributed by atoms with Gasteiger partial charge in [0.25, 0.3) is 0 Å². The Kier molecular flexibility index (Phi) is 3.64. The van der Waals surface area contributed by atoms with Gasteiger partial charge in [-0.1, -0.05) is 29.5 Å². The van der Waals surface area contributed by atoms with Gasteiger partial charge in [0, 0.05) is 5.92 Å². The van der Waals surface area contributed by atoms with Crippen LogP contribution in [-0.2, 0) is 11.0 Å². The quantitative estimate of drug-likeness (QED) is 0.937. The third kappa shape index (κ3) is 2.96. The van der Waals surface area contributed by atoms with Crippen molar-refractivity contribution in [2.75, 3.05) is 5.32 Å². The zero-order valence-electron chi connectivity index (χ0n) is 11.5. The molecule has 1 saturated carbocycles. The van der Waals surface area contributed by atoms with E-state index in [4.69, 9.17) is 0 Å². The van der Waals surface area contributed by atoms with E-state index in [1.165, 1.54) is 23.5 Å². The summed E-state index contributed by atoms with van der Waals surface area (Å²) in [5, 5.41) is 11.2. The maximum atomic E-state index is 13.0. The fraction of sp³-hybridized carbons (Fsp3) is 0.357. The Bertz CT molecular complexity index is 713. The number of amides is 1. The number of hydrogen-bond acceptors (Lipinski definition) is 4. The average molecular weight is 327 g/mol. The van der Waals surface area contributed by atoms with E-state index >= 15 is 0 Å². The molecule has 1 aliphatic rings. The van der Waals surface area contributed by atoms with Gasteiger partial charge in [0.1, 0.15) is 5.01 Å². The van der Waals surface area contributed by atoms with Gasteiger partial charge in [-0.2, -0.15) is 13.2 Å². The molecule has 1 aromatic carbocycles. The number of anilines is 1. The van der Waals surface area contributed by atoms with Crippen LogP contribution in [0.4, 0.5) is 18.3 Å². The summed E-state index contributed by atoms with van der Waals surface area (Å²) in [4.78, 5) is 12.1. The van der Waals surface area contributed by atoms with Gasteiger partial charge >= 0.3 is 6.18 Å². The molecule has 4 nitrogen and oxygen atoms in total. The van der Waals surface area contributed by atoms with Gasteiger partial charge in [-0.05, 0) is 30.9 Å². The summed E-state index contributed by atoms with van der Waals surface area (Å²) < 4.78 is 39.0. The molecule has 0 radical (unpaired) electrons. The molecule has 0 bridgehead atoms. The Morgan fingerprint density at radius 3 is 2.68 bits per heavy atom. The number of benzene rings is 1. The molecule has 3 rings (SSSR count).